The van der Waals surface area contributed by atoms with Crippen molar-refractivity contribution in [3.63, 3.8) is 0 Å². The fourth-order valence-electron chi connectivity index (χ4n) is 3.61. The zero-order valence-corrected chi connectivity index (χ0v) is 13.6. The second kappa shape index (κ2) is 8.40. The average Bonchev–Trinajstić information content (AvgIpc) is 2.75. The zero-order valence-electron chi connectivity index (χ0n) is 13.6. The molecule has 1 aromatic carbocycles. The predicted molar refractivity (Wildman–Crippen MR) is 88.6 cm³/mol. The Kier molecular flexibility index (Phi) is 6.52. The Balaban J connectivity index is 2.10. The van der Waals surface area contributed by atoms with Crippen molar-refractivity contribution >= 4 is 0 Å². The minimum absolute atomic E-state index is 0.279. The van der Waals surface area contributed by atoms with Crippen LogP contribution < -0.4 is 10.5 Å². The molecule has 0 radical (unpaired) electrons. The van der Waals surface area contributed by atoms with Gasteiger partial charge in [0.05, 0.1) is 13.2 Å². The topological polar surface area (TPSA) is 38.5 Å². The molecule has 0 aliphatic carbocycles. The van der Waals surface area contributed by atoms with Crippen molar-refractivity contribution in [2.75, 3.05) is 26.7 Å². The normalized spacial score (nSPS) is 21.8. The minimum atomic E-state index is 0.279. The number of hydrogen-bond acceptors (Lipinski definition) is 3. The summed E-state index contributed by atoms with van der Waals surface area (Å²) in [5.74, 6) is 1.86. The highest BCUT2D eigenvalue weighted by atomic mass is 16.5. The highest BCUT2D eigenvalue weighted by Crippen LogP contribution is 2.31. The Bertz CT molecular complexity index is 421. The van der Waals surface area contributed by atoms with Crippen LogP contribution in [0.15, 0.2) is 24.3 Å². The van der Waals surface area contributed by atoms with E-state index in [1.54, 1.807) is 7.11 Å². The smallest absolute Gasteiger partial charge is 0.123 e. The second-order valence-electron chi connectivity index (χ2n) is 6.12. The van der Waals surface area contributed by atoms with E-state index in [4.69, 9.17) is 10.5 Å². The summed E-state index contributed by atoms with van der Waals surface area (Å²) >= 11 is 0. The van der Waals surface area contributed by atoms with E-state index in [0.29, 0.717) is 6.54 Å². The lowest BCUT2D eigenvalue weighted by Crippen LogP contribution is -2.34. The van der Waals surface area contributed by atoms with Gasteiger partial charge in [0.15, 0.2) is 0 Å². The first-order valence-electron chi connectivity index (χ1n) is 8.37. The molecule has 0 amide bonds. The fourth-order valence-corrected chi connectivity index (χ4v) is 3.61. The molecule has 2 unspecified atom stereocenters. The number of likely N-dealkylation sites (tertiary alicyclic amines) is 1. The first kappa shape index (κ1) is 16.3. The molecule has 2 atom stereocenters. The van der Waals surface area contributed by atoms with Gasteiger partial charge in [0.2, 0.25) is 0 Å². The molecule has 2 rings (SSSR count). The third kappa shape index (κ3) is 4.21. The molecule has 2 N–H and O–H groups in total. The summed E-state index contributed by atoms with van der Waals surface area (Å²) in [7, 11) is 1.74. The zero-order chi connectivity index (χ0) is 15.1. The summed E-state index contributed by atoms with van der Waals surface area (Å²) in [5, 5.41) is 0. The van der Waals surface area contributed by atoms with Crippen molar-refractivity contribution in [1.29, 1.82) is 0 Å². The van der Waals surface area contributed by atoms with E-state index in [9.17, 15) is 0 Å². The molecule has 0 spiro atoms. The summed E-state index contributed by atoms with van der Waals surface area (Å²) in [6, 6.07) is 8.58. The molecule has 1 aliphatic heterocycles. The van der Waals surface area contributed by atoms with Crippen LogP contribution in [0.4, 0.5) is 0 Å². The number of methoxy groups -OCH3 is 1. The lowest BCUT2D eigenvalue weighted by atomic mass is 9.96. The van der Waals surface area contributed by atoms with Crippen molar-refractivity contribution in [2.24, 2.45) is 11.7 Å². The van der Waals surface area contributed by atoms with E-state index in [2.05, 4.69) is 24.0 Å². The molecule has 0 saturated carbocycles. The van der Waals surface area contributed by atoms with Gasteiger partial charge in [-0.05, 0) is 44.3 Å². The van der Waals surface area contributed by atoms with Gasteiger partial charge in [-0.25, -0.2) is 0 Å². The van der Waals surface area contributed by atoms with E-state index in [1.165, 1.54) is 37.7 Å². The van der Waals surface area contributed by atoms with E-state index < -0.39 is 0 Å². The van der Waals surface area contributed by atoms with Crippen molar-refractivity contribution in [1.82, 2.24) is 4.90 Å². The Morgan fingerprint density at radius 2 is 2.10 bits per heavy atom. The number of para-hydroxylation sites is 1. The van der Waals surface area contributed by atoms with Crippen molar-refractivity contribution in [2.45, 2.75) is 45.1 Å². The molecular formula is C18H30N2O. The molecule has 1 fully saturated rings. The van der Waals surface area contributed by atoms with Crippen LogP contribution in [0.1, 0.15) is 50.6 Å². The highest BCUT2D eigenvalue weighted by molar-refractivity contribution is 5.36. The summed E-state index contributed by atoms with van der Waals surface area (Å²) in [4.78, 5) is 2.56. The van der Waals surface area contributed by atoms with Gasteiger partial charge in [0.1, 0.15) is 5.75 Å². The Morgan fingerprint density at radius 3 is 2.81 bits per heavy atom. The second-order valence-corrected chi connectivity index (χ2v) is 6.12. The maximum absolute atomic E-state index is 6.11. The summed E-state index contributed by atoms with van der Waals surface area (Å²) in [6.07, 6.45) is 6.64. The summed E-state index contributed by atoms with van der Waals surface area (Å²) in [6.45, 7) is 5.25. The number of benzene rings is 1. The monoisotopic (exact) mass is 290 g/mol. The predicted octanol–water partition coefficient (Wildman–Crippen LogP) is 3.60. The molecule has 21 heavy (non-hydrogen) atoms. The number of rotatable bonds is 6. The Morgan fingerprint density at radius 1 is 1.29 bits per heavy atom. The number of nitrogens with two attached hydrogens (primary N) is 1. The van der Waals surface area contributed by atoms with Gasteiger partial charge in [-0.15, -0.1) is 0 Å². The standard InChI is InChI=1S/C18H30N2O/c1-3-7-15-8-6-12-20(13-11-15)17(14-19)16-9-4-5-10-18(16)21-2/h4-5,9-10,15,17H,3,6-8,11-14,19H2,1-2H3. The Labute approximate surface area is 129 Å². The molecule has 0 aromatic heterocycles. The number of nitrogens with zero attached hydrogens (tertiary/aromatic N) is 1. The quantitative estimate of drug-likeness (QED) is 0.870. The maximum Gasteiger partial charge on any atom is 0.123 e. The molecule has 1 heterocycles. The van der Waals surface area contributed by atoms with Crippen LogP contribution in [0.3, 0.4) is 0 Å². The van der Waals surface area contributed by atoms with Gasteiger partial charge in [0.25, 0.3) is 0 Å². The van der Waals surface area contributed by atoms with Gasteiger partial charge < -0.3 is 10.5 Å². The third-order valence-corrected chi connectivity index (χ3v) is 4.74. The number of hydrogen-bond donors (Lipinski definition) is 1. The Hall–Kier alpha value is -1.06. The van der Waals surface area contributed by atoms with E-state index >= 15 is 0 Å². The average molecular weight is 290 g/mol. The largest absolute Gasteiger partial charge is 0.496 e. The van der Waals surface area contributed by atoms with Gasteiger partial charge in [-0.1, -0.05) is 38.0 Å². The minimum Gasteiger partial charge on any atom is -0.496 e. The fraction of sp³-hybridized carbons (Fsp3) is 0.667. The maximum atomic E-state index is 6.11. The van der Waals surface area contributed by atoms with Crippen LogP contribution in [0.25, 0.3) is 0 Å². The van der Waals surface area contributed by atoms with Crippen LogP contribution in [-0.2, 0) is 0 Å². The van der Waals surface area contributed by atoms with E-state index in [-0.39, 0.29) is 6.04 Å². The van der Waals surface area contributed by atoms with Crippen LogP contribution in [0, 0.1) is 5.92 Å². The lowest BCUT2D eigenvalue weighted by Gasteiger charge is -2.31. The molecule has 1 aliphatic rings. The van der Waals surface area contributed by atoms with Crippen LogP contribution in [0.2, 0.25) is 0 Å². The van der Waals surface area contributed by atoms with Gasteiger partial charge >= 0.3 is 0 Å². The first-order chi connectivity index (χ1) is 10.3. The van der Waals surface area contributed by atoms with E-state index in [1.807, 2.05) is 12.1 Å². The SMILES string of the molecule is CCCC1CCCN(C(CN)c2ccccc2OC)CC1. The molecule has 118 valence electrons. The van der Waals surface area contributed by atoms with Gasteiger partial charge in [-0.3, -0.25) is 4.90 Å². The highest BCUT2D eigenvalue weighted by Gasteiger charge is 2.25. The molecule has 1 saturated heterocycles. The van der Waals surface area contributed by atoms with Crippen molar-refractivity contribution < 1.29 is 4.74 Å². The molecule has 3 heteroatoms. The van der Waals surface area contributed by atoms with Gasteiger partial charge in [0, 0.05) is 12.1 Å². The van der Waals surface area contributed by atoms with Crippen LogP contribution >= 0.6 is 0 Å². The van der Waals surface area contributed by atoms with Crippen molar-refractivity contribution in [3.8, 4) is 5.75 Å². The third-order valence-electron chi connectivity index (χ3n) is 4.74. The molecular weight excluding hydrogens is 260 g/mol. The molecule has 1 aromatic rings. The lowest BCUT2D eigenvalue weighted by molar-refractivity contribution is 0.202. The first-order valence-corrected chi connectivity index (χ1v) is 8.37. The number of ether oxygens (including phenoxy) is 1. The molecule has 3 nitrogen and oxygen atoms in total. The summed E-state index contributed by atoms with van der Waals surface area (Å²) in [5.41, 5.74) is 7.34. The van der Waals surface area contributed by atoms with Crippen LogP contribution in [0.5, 0.6) is 5.75 Å². The van der Waals surface area contributed by atoms with Crippen molar-refractivity contribution in [3.05, 3.63) is 29.8 Å². The van der Waals surface area contributed by atoms with Gasteiger partial charge in [-0.2, -0.15) is 0 Å². The molecule has 0 bridgehead atoms. The van der Waals surface area contributed by atoms with Crippen LogP contribution in [-0.4, -0.2) is 31.6 Å². The summed E-state index contributed by atoms with van der Waals surface area (Å²) < 4.78 is 5.53. The van der Waals surface area contributed by atoms with E-state index in [0.717, 1.165) is 24.8 Å².